The fourth-order valence-electron chi connectivity index (χ4n) is 2.34. The zero-order chi connectivity index (χ0) is 13.7. The second kappa shape index (κ2) is 6.70. The van der Waals surface area contributed by atoms with Crippen molar-refractivity contribution in [2.45, 2.75) is 64.2 Å². The van der Waals surface area contributed by atoms with E-state index in [0.29, 0.717) is 11.8 Å². The van der Waals surface area contributed by atoms with Crippen LogP contribution in [0.15, 0.2) is 12.3 Å². The van der Waals surface area contributed by atoms with Gasteiger partial charge in [-0.15, -0.1) is 0 Å². The molecule has 1 aliphatic rings. The first-order valence-corrected chi connectivity index (χ1v) is 7.09. The first-order valence-electron chi connectivity index (χ1n) is 7.09. The van der Waals surface area contributed by atoms with E-state index in [9.17, 15) is 5.11 Å². The van der Waals surface area contributed by atoms with Gasteiger partial charge >= 0.3 is 0 Å². The lowest BCUT2D eigenvalue weighted by atomic mass is 10.1. The molecular weight excluding hydrogens is 242 g/mol. The quantitative estimate of drug-likeness (QED) is 0.818. The Kier molecular flexibility index (Phi) is 4.96. The Labute approximate surface area is 114 Å². The molecule has 2 N–H and O–H groups in total. The molecule has 5 heteroatoms. The van der Waals surface area contributed by atoms with Crippen LogP contribution in [0.1, 0.15) is 46.0 Å². The van der Waals surface area contributed by atoms with Crippen molar-refractivity contribution in [3.63, 3.8) is 0 Å². The molecule has 2 rings (SSSR count). The minimum absolute atomic E-state index is 0.0387. The number of anilines is 1. The average molecular weight is 265 g/mol. The topological polar surface area (TPSA) is 67.3 Å². The van der Waals surface area contributed by atoms with Gasteiger partial charge in [0.05, 0.1) is 18.2 Å². The van der Waals surface area contributed by atoms with Crippen LogP contribution in [-0.4, -0.2) is 33.3 Å². The van der Waals surface area contributed by atoms with E-state index in [-0.39, 0.29) is 18.2 Å². The predicted molar refractivity (Wildman–Crippen MR) is 74.3 cm³/mol. The Morgan fingerprint density at radius 2 is 2.11 bits per heavy atom. The van der Waals surface area contributed by atoms with Crippen molar-refractivity contribution < 1.29 is 9.84 Å². The number of hydrogen-bond donors (Lipinski definition) is 2. The summed E-state index contributed by atoms with van der Waals surface area (Å²) in [5.41, 5.74) is 0. The molecule has 19 heavy (non-hydrogen) atoms. The van der Waals surface area contributed by atoms with E-state index in [0.717, 1.165) is 25.7 Å². The van der Waals surface area contributed by atoms with E-state index in [4.69, 9.17) is 4.74 Å². The number of aliphatic hydroxyl groups is 1. The zero-order valence-electron chi connectivity index (χ0n) is 11.7. The lowest BCUT2D eigenvalue weighted by Crippen LogP contribution is -2.33. The van der Waals surface area contributed by atoms with E-state index in [1.165, 1.54) is 6.42 Å². The average Bonchev–Trinajstić information content (AvgIpc) is 2.55. The first-order chi connectivity index (χ1) is 9.15. The highest BCUT2D eigenvalue weighted by Gasteiger charge is 2.22. The fraction of sp³-hybridized carbons (Fsp3) is 0.714. The molecule has 1 aliphatic carbocycles. The van der Waals surface area contributed by atoms with Gasteiger partial charge in [-0.1, -0.05) is 19.3 Å². The normalized spacial score (nSPS) is 24.0. The SMILES string of the molecule is CC(C)Oc1ccnc(NC2CCCCCC2O)n1. The van der Waals surface area contributed by atoms with E-state index in [2.05, 4.69) is 15.3 Å². The van der Waals surface area contributed by atoms with Gasteiger partial charge in [0.1, 0.15) is 0 Å². The van der Waals surface area contributed by atoms with Crippen molar-refractivity contribution in [2.24, 2.45) is 0 Å². The number of aromatic nitrogens is 2. The molecule has 0 bridgehead atoms. The van der Waals surface area contributed by atoms with Gasteiger partial charge in [0, 0.05) is 12.3 Å². The fourth-order valence-corrected chi connectivity index (χ4v) is 2.34. The molecule has 0 saturated heterocycles. The highest BCUT2D eigenvalue weighted by Crippen LogP contribution is 2.21. The van der Waals surface area contributed by atoms with Gasteiger partial charge in [-0.25, -0.2) is 4.98 Å². The van der Waals surface area contributed by atoms with Gasteiger partial charge in [-0.3, -0.25) is 0 Å². The standard InChI is InChI=1S/C14H23N3O2/c1-10(2)19-13-8-9-15-14(17-13)16-11-6-4-3-5-7-12(11)18/h8-12,18H,3-7H2,1-2H3,(H,15,16,17). The Hall–Kier alpha value is -1.36. The van der Waals surface area contributed by atoms with Crippen LogP contribution < -0.4 is 10.1 Å². The first kappa shape index (κ1) is 14.1. The number of ether oxygens (including phenoxy) is 1. The van der Waals surface area contributed by atoms with E-state index in [1.807, 2.05) is 13.8 Å². The zero-order valence-corrected chi connectivity index (χ0v) is 11.7. The second-order valence-corrected chi connectivity index (χ2v) is 5.34. The third kappa shape index (κ3) is 4.35. The van der Waals surface area contributed by atoms with E-state index < -0.39 is 0 Å². The minimum Gasteiger partial charge on any atom is -0.475 e. The molecule has 2 atom stereocenters. The number of aliphatic hydroxyl groups excluding tert-OH is 1. The molecule has 1 aromatic heterocycles. The van der Waals surface area contributed by atoms with Crippen molar-refractivity contribution in [3.8, 4) is 5.88 Å². The van der Waals surface area contributed by atoms with Crippen LogP contribution >= 0.6 is 0 Å². The maximum atomic E-state index is 10.1. The Morgan fingerprint density at radius 3 is 2.89 bits per heavy atom. The highest BCUT2D eigenvalue weighted by atomic mass is 16.5. The molecule has 5 nitrogen and oxygen atoms in total. The summed E-state index contributed by atoms with van der Waals surface area (Å²) < 4.78 is 5.54. The third-order valence-corrected chi connectivity index (χ3v) is 3.28. The predicted octanol–water partition coefficient (Wildman–Crippen LogP) is 2.37. The van der Waals surface area contributed by atoms with Crippen LogP contribution in [0.3, 0.4) is 0 Å². The molecule has 0 spiro atoms. The third-order valence-electron chi connectivity index (χ3n) is 3.28. The van der Waals surface area contributed by atoms with Crippen LogP contribution in [0.2, 0.25) is 0 Å². The Balaban J connectivity index is 2.01. The highest BCUT2D eigenvalue weighted by molar-refractivity contribution is 5.29. The van der Waals surface area contributed by atoms with E-state index in [1.54, 1.807) is 12.3 Å². The van der Waals surface area contributed by atoms with E-state index >= 15 is 0 Å². The van der Waals surface area contributed by atoms with Crippen molar-refractivity contribution in [1.82, 2.24) is 9.97 Å². The van der Waals surface area contributed by atoms with Gasteiger partial charge < -0.3 is 15.2 Å². The monoisotopic (exact) mass is 265 g/mol. The lowest BCUT2D eigenvalue weighted by molar-refractivity contribution is 0.144. The smallest absolute Gasteiger partial charge is 0.226 e. The summed E-state index contributed by atoms with van der Waals surface area (Å²) in [6.07, 6.45) is 6.67. The van der Waals surface area contributed by atoms with Crippen molar-refractivity contribution in [1.29, 1.82) is 0 Å². The molecule has 1 heterocycles. The van der Waals surface area contributed by atoms with Crippen LogP contribution in [0, 0.1) is 0 Å². The molecule has 1 aromatic rings. The summed E-state index contributed by atoms with van der Waals surface area (Å²) in [5.74, 6) is 1.10. The molecule has 0 radical (unpaired) electrons. The number of hydrogen-bond acceptors (Lipinski definition) is 5. The van der Waals surface area contributed by atoms with Crippen LogP contribution in [0.4, 0.5) is 5.95 Å². The van der Waals surface area contributed by atoms with Crippen LogP contribution in [-0.2, 0) is 0 Å². The molecule has 2 unspecified atom stereocenters. The Morgan fingerprint density at radius 1 is 1.32 bits per heavy atom. The minimum atomic E-state index is -0.319. The molecule has 106 valence electrons. The number of rotatable bonds is 4. The summed E-state index contributed by atoms with van der Waals surface area (Å²) in [7, 11) is 0. The van der Waals surface area contributed by atoms with Crippen LogP contribution in [0.25, 0.3) is 0 Å². The van der Waals surface area contributed by atoms with Crippen molar-refractivity contribution >= 4 is 5.95 Å². The summed E-state index contributed by atoms with van der Waals surface area (Å²) in [5, 5.41) is 13.3. The van der Waals surface area contributed by atoms with Gasteiger partial charge in [-0.2, -0.15) is 4.98 Å². The Bertz CT molecular complexity index is 398. The van der Waals surface area contributed by atoms with Gasteiger partial charge in [0.15, 0.2) is 0 Å². The molecule has 0 aromatic carbocycles. The van der Waals surface area contributed by atoms with Gasteiger partial charge in [0.2, 0.25) is 11.8 Å². The molecular formula is C14H23N3O2. The molecule has 0 aliphatic heterocycles. The van der Waals surface area contributed by atoms with Crippen molar-refractivity contribution in [2.75, 3.05) is 5.32 Å². The largest absolute Gasteiger partial charge is 0.475 e. The number of nitrogens with zero attached hydrogens (tertiary/aromatic N) is 2. The summed E-state index contributed by atoms with van der Waals surface area (Å²) in [6.45, 7) is 3.93. The van der Waals surface area contributed by atoms with Gasteiger partial charge in [-0.05, 0) is 26.7 Å². The molecule has 1 fully saturated rings. The maximum Gasteiger partial charge on any atom is 0.226 e. The molecule has 0 amide bonds. The van der Waals surface area contributed by atoms with Gasteiger partial charge in [0.25, 0.3) is 0 Å². The second-order valence-electron chi connectivity index (χ2n) is 5.34. The maximum absolute atomic E-state index is 10.1. The van der Waals surface area contributed by atoms with Crippen LogP contribution in [0.5, 0.6) is 5.88 Å². The number of nitrogens with one attached hydrogen (secondary N) is 1. The lowest BCUT2D eigenvalue weighted by Gasteiger charge is -2.21. The summed E-state index contributed by atoms with van der Waals surface area (Å²) in [6, 6.07) is 1.78. The van der Waals surface area contributed by atoms with Crippen molar-refractivity contribution in [3.05, 3.63) is 12.3 Å². The summed E-state index contributed by atoms with van der Waals surface area (Å²) >= 11 is 0. The molecule has 1 saturated carbocycles. The summed E-state index contributed by atoms with van der Waals surface area (Å²) in [4.78, 5) is 8.51.